The molecular weight excluding hydrogens is 232 g/mol. The van der Waals surface area contributed by atoms with Gasteiger partial charge in [-0.15, -0.1) is 0 Å². The monoisotopic (exact) mass is 245 g/mol. The molecule has 1 aliphatic heterocycles. The predicted molar refractivity (Wildman–Crippen MR) is 56.5 cm³/mol. The van der Waals surface area contributed by atoms with E-state index in [0.717, 1.165) is 12.1 Å². The SMILES string of the molecule is OCc1cc(F)c(N2CC(O)C(O)C2)c(F)c1. The molecule has 0 spiro atoms. The molecule has 1 saturated heterocycles. The Bertz CT molecular complexity index is 394. The minimum absolute atomic E-state index is 0.0204. The van der Waals surface area contributed by atoms with Crippen LogP contribution in [0.25, 0.3) is 0 Å². The van der Waals surface area contributed by atoms with Crippen molar-refractivity contribution in [3.8, 4) is 0 Å². The first-order valence-corrected chi connectivity index (χ1v) is 5.22. The third-order valence-corrected chi connectivity index (χ3v) is 2.83. The number of hydrogen-bond donors (Lipinski definition) is 3. The normalized spacial score (nSPS) is 24.4. The van der Waals surface area contributed by atoms with Gasteiger partial charge in [0.2, 0.25) is 0 Å². The Labute approximate surface area is 96.7 Å². The average molecular weight is 245 g/mol. The number of anilines is 1. The summed E-state index contributed by atoms with van der Waals surface area (Å²) in [4.78, 5) is 1.25. The Morgan fingerprint density at radius 2 is 1.59 bits per heavy atom. The third kappa shape index (κ3) is 2.24. The molecule has 0 saturated carbocycles. The summed E-state index contributed by atoms with van der Waals surface area (Å²) < 4.78 is 27.3. The summed E-state index contributed by atoms with van der Waals surface area (Å²) in [7, 11) is 0. The van der Waals surface area contributed by atoms with Crippen molar-refractivity contribution in [3.63, 3.8) is 0 Å². The van der Waals surface area contributed by atoms with Crippen LogP contribution in [0.4, 0.5) is 14.5 Å². The highest BCUT2D eigenvalue weighted by atomic mass is 19.1. The highest BCUT2D eigenvalue weighted by Gasteiger charge is 2.32. The van der Waals surface area contributed by atoms with Crippen molar-refractivity contribution in [2.75, 3.05) is 18.0 Å². The molecular formula is C11H13F2NO3. The van der Waals surface area contributed by atoms with Crippen LogP contribution in [0.3, 0.4) is 0 Å². The molecule has 6 heteroatoms. The number of aliphatic hydroxyl groups is 3. The lowest BCUT2D eigenvalue weighted by Crippen LogP contribution is -2.23. The van der Waals surface area contributed by atoms with E-state index < -0.39 is 30.4 Å². The van der Waals surface area contributed by atoms with Crippen molar-refractivity contribution >= 4 is 5.69 Å². The molecule has 0 aromatic heterocycles. The third-order valence-electron chi connectivity index (χ3n) is 2.83. The van der Waals surface area contributed by atoms with E-state index in [2.05, 4.69) is 0 Å². The van der Waals surface area contributed by atoms with Gasteiger partial charge in [-0.1, -0.05) is 0 Å². The zero-order valence-electron chi connectivity index (χ0n) is 8.98. The molecule has 2 unspecified atom stereocenters. The van der Waals surface area contributed by atoms with Crippen LogP contribution in [0.1, 0.15) is 5.56 Å². The standard InChI is InChI=1S/C11H13F2NO3/c12-7-1-6(5-15)2-8(13)11(7)14-3-9(16)10(17)4-14/h1-2,9-10,15-17H,3-5H2. The fraction of sp³-hybridized carbons (Fsp3) is 0.455. The average Bonchev–Trinajstić information content (AvgIpc) is 2.57. The van der Waals surface area contributed by atoms with Crippen LogP contribution in [-0.4, -0.2) is 40.6 Å². The first-order chi connectivity index (χ1) is 8.02. The molecule has 1 aromatic rings. The minimum atomic E-state index is -1.01. The summed E-state index contributed by atoms with van der Waals surface area (Å²) in [6.07, 6.45) is -2.02. The van der Waals surface area contributed by atoms with Gasteiger partial charge in [-0.3, -0.25) is 0 Å². The quantitative estimate of drug-likeness (QED) is 0.686. The van der Waals surface area contributed by atoms with Crippen molar-refractivity contribution in [1.29, 1.82) is 0 Å². The molecule has 2 rings (SSSR count). The van der Waals surface area contributed by atoms with E-state index in [9.17, 15) is 19.0 Å². The molecule has 4 nitrogen and oxygen atoms in total. The molecule has 1 aliphatic rings. The fourth-order valence-corrected chi connectivity index (χ4v) is 1.96. The van der Waals surface area contributed by atoms with Crippen LogP contribution in [0.5, 0.6) is 0 Å². The highest BCUT2D eigenvalue weighted by molar-refractivity contribution is 5.52. The van der Waals surface area contributed by atoms with Crippen molar-refractivity contribution < 1.29 is 24.1 Å². The van der Waals surface area contributed by atoms with Gasteiger partial charge in [0.25, 0.3) is 0 Å². The van der Waals surface area contributed by atoms with E-state index in [1.54, 1.807) is 0 Å². The molecule has 0 radical (unpaired) electrons. The zero-order chi connectivity index (χ0) is 12.6. The summed E-state index contributed by atoms with van der Waals surface area (Å²) in [6, 6.07) is 2.07. The lowest BCUT2D eigenvalue weighted by atomic mass is 10.2. The molecule has 0 bridgehead atoms. The van der Waals surface area contributed by atoms with Crippen molar-refractivity contribution in [2.45, 2.75) is 18.8 Å². The van der Waals surface area contributed by atoms with Crippen molar-refractivity contribution in [3.05, 3.63) is 29.3 Å². The van der Waals surface area contributed by atoms with E-state index in [0.29, 0.717) is 0 Å². The van der Waals surface area contributed by atoms with Gasteiger partial charge in [0.15, 0.2) is 0 Å². The lowest BCUT2D eigenvalue weighted by Gasteiger charge is -2.19. The van der Waals surface area contributed by atoms with Gasteiger partial charge in [0, 0.05) is 13.1 Å². The second-order valence-electron chi connectivity index (χ2n) is 4.11. The van der Waals surface area contributed by atoms with E-state index in [1.807, 2.05) is 0 Å². The van der Waals surface area contributed by atoms with Crippen LogP contribution in [0.15, 0.2) is 12.1 Å². The number of benzene rings is 1. The number of nitrogens with zero attached hydrogens (tertiary/aromatic N) is 1. The van der Waals surface area contributed by atoms with E-state index in [1.165, 1.54) is 4.90 Å². The smallest absolute Gasteiger partial charge is 0.149 e. The molecule has 0 amide bonds. The summed E-state index contributed by atoms with van der Waals surface area (Å²) in [5.74, 6) is -1.62. The number of β-amino-alcohol motifs (C(OH)–C–C–N with tert-alkyl or cyclic N) is 2. The Balaban J connectivity index is 2.33. The number of halogens is 2. The summed E-state index contributed by atoms with van der Waals surface area (Å²) >= 11 is 0. The van der Waals surface area contributed by atoms with Crippen molar-refractivity contribution in [2.24, 2.45) is 0 Å². The Hall–Kier alpha value is -1.24. The largest absolute Gasteiger partial charge is 0.392 e. The molecule has 3 N–H and O–H groups in total. The van der Waals surface area contributed by atoms with E-state index in [4.69, 9.17) is 5.11 Å². The summed E-state index contributed by atoms with van der Waals surface area (Å²) in [6.45, 7) is -0.486. The van der Waals surface area contributed by atoms with Crippen LogP contribution in [-0.2, 0) is 6.61 Å². The minimum Gasteiger partial charge on any atom is -0.392 e. The molecule has 0 aliphatic carbocycles. The van der Waals surface area contributed by atoms with Gasteiger partial charge in [0.1, 0.15) is 17.3 Å². The number of hydrogen-bond acceptors (Lipinski definition) is 4. The first kappa shape index (κ1) is 12.2. The lowest BCUT2D eigenvalue weighted by molar-refractivity contribution is 0.0572. The van der Waals surface area contributed by atoms with Gasteiger partial charge < -0.3 is 20.2 Å². The zero-order valence-corrected chi connectivity index (χ0v) is 8.98. The molecule has 94 valence electrons. The second kappa shape index (κ2) is 4.56. The van der Waals surface area contributed by atoms with Crippen LogP contribution in [0.2, 0.25) is 0 Å². The van der Waals surface area contributed by atoms with Crippen molar-refractivity contribution in [1.82, 2.24) is 0 Å². The Morgan fingerprint density at radius 3 is 2.00 bits per heavy atom. The maximum atomic E-state index is 13.6. The number of aliphatic hydroxyl groups excluding tert-OH is 3. The maximum Gasteiger partial charge on any atom is 0.149 e. The summed E-state index contributed by atoms with van der Waals surface area (Å²) in [5.41, 5.74) is -0.137. The van der Waals surface area contributed by atoms with Gasteiger partial charge >= 0.3 is 0 Å². The van der Waals surface area contributed by atoms with Gasteiger partial charge in [-0.05, 0) is 17.7 Å². The fourth-order valence-electron chi connectivity index (χ4n) is 1.96. The van der Waals surface area contributed by atoms with Gasteiger partial charge in [0.05, 0.1) is 18.8 Å². The maximum absolute atomic E-state index is 13.6. The second-order valence-corrected chi connectivity index (χ2v) is 4.11. The van der Waals surface area contributed by atoms with Crippen LogP contribution < -0.4 is 4.90 Å². The van der Waals surface area contributed by atoms with E-state index >= 15 is 0 Å². The molecule has 17 heavy (non-hydrogen) atoms. The van der Waals surface area contributed by atoms with Gasteiger partial charge in [-0.25, -0.2) is 8.78 Å². The topological polar surface area (TPSA) is 63.9 Å². The molecule has 2 atom stereocenters. The first-order valence-electron chi connectivity index (χ1n) is 5.22. The molecule has 1 fully saturated rings. The van der Waals surface area contributed by atoms with E-state index in [-0.39, 0.29) is 24.3 Å². The van der Waals surface area contributed by atoms with Crippen LogP contribution in [0, 0.1) is 11.6 Å². The van der Waals surface area contributed by atoms with Crippen LogP contribution >= 0.6 is 0 Å². The Kier molecular flexibility index (Phi) is 3.28. The molecule has 1 aromatic carbocycles. The summed E-state index contributed by atoms with van der Waals surface area (Å²) in [5, 5.41) is 27.5. The highest BCUT2D eigenvalue weighted by Crippen LogP contribution is 2.28. The number of rotatable bonds is 2. The van der Waals surface area contributed by atoms with Gasteiger partial charge in [-0.2, -0.15) is 0 Å². The Morgan fingerprint density at radius 1 is 1.12 bits per heavy atom. The molecule has 1 heterocycles. The predicted octanol–water partition coefficient (Wildman–Crippen LogP) is -0.00110.